The van der Waals surface area contributed by atoms with E-state index in [4.69, 9.17) is 9.79 Å². The Hall–Kier alpha value is 0.574. The summed E-state index contributed by atoms with van der Waals surface area (Å²) < 4.78 is 14.7. The Kier molecular flexibility index (Phi) is 13.4. The summed E-state index contributed by atoms with van der Waals surface area (Å²) in [6.45, 7) is 1.63. The SMILES string of the molecule is C[C@@H]1O[C@@H]1P(=O)(O)O.O.O.O.[V]. The van der Waals surface area contributed by atoms with Gasteiger partial charge in [-0.05, 0) is 6.92 Å². The molecule has 1 aliphatic rings. The number of ether oxygens (including phenoxy) is 1. The average Bonchev–Trinajstić information content (AvgIpc) is 2.13. The summed E-state index contributed by atoms with van der Waals surface area (Å²) in [7, 11) is -3.90. The Morgan fingerprint density at radius 1 is 1.25 bits per heavy atom. The molecule has 8 N–H and O–H groups in total. The predicted octanol–water partition coefficient (Wildman–Crippen LogP) is -2.57. The van der Waals surface area contributed by atoms with Crippen molar-refractivity contribution in [3.8, 4) is 0 Å². The fourth-order valence-corrected chi connectivity index (χ4v) is 1.42. The summed E-state index contributed by atoms with van der Waals surface area (Å²) in [5, 5.41) is 0. The van der Waals surface area contributed by atoms with E-state index in [1.807, 2.05) is 0 Å². The van der Waals surface area contributed by atoms with Crippen LogP contribution in [0.3, 0.4) is 0 Å². The predicted molar refractivity (Wildman–Crippen MR) is 37.2 cm³/mol. The van der Waals surface area contributed by atoms with E-state index in [1.165, 1.54) is 0 Å². The van der Waals surface area contributed by atoms with Crippen molar-refractivity contribution in [3.63, 3.8) is 0 Å². The molecule has 0 amide bonds. The van der Waals surface area contributed by atoms with Crippen LogP contribution in [0.15, 0.2) is 0 Å². The molecule has 1 aliphatic heterocycles. The number of hydrogen-bond donors (Lipinski definition) is 2. The third-order valence-corrected chi connectivity index (χ3v) is 2.22. The van der Waals surface area contributed by atoms with Crippen LogP contribution in [0.2, 0.25) is 0 Å². The molecular formula is C3H13O7PV. The summed E-state index contributed by atoms with van der Waals surface area (Å²) in [6, 6.07) is 0. The largest absolute Gasteiger partial charge is 0.412 e. The van der Waals surface area contributed by atoms with Crippen LogP contribution < -0.4 is 0 Å². The maximum absolute atomic E-state index is 10.2. The Balaban J connectivity index is -0.0000000800. The summed E-state index contributed by atoms with van der Waals surface area (Å²) >= 11 is 0. The van der Waals surface area contributed by atoms with Crippen molar-refractivity contribution in [2.45, 2.75) is 18.9 Å². The average molecular weight is 243 g/mol. The number of epoxide rings is 1. The van der Waals surface area contributed by atoms with Gasteiger partial charge in [-0.1, -0.05) is 0 Å². The van der Waals surface area contributed by atoms with Crippen molar-refractivity contribution in [1.82, 2.24) is 0 Å². The summed E-state index contributed by atoms with van der Waals surface area (Å²) in [4.78, 5) is 16.6. The summed E-state index contributed by atoms with van der Waals surface area (Å²) in [5.74, 6) is -0.817. The summed E-state index contributed by atoms with van der Waals surface area (Å²) in [5.41, 5.74) is 0. The Bertz CT molecular complexity index is 146. The zero-order valence-electron chi connectivity index (χ0n) is 6.26. The van der Waals surface area contributed by atoms with Crippen LogP contribution >= 0.6 is 7.60 Å². The minimum atomic E-state index is -3.90. The molecule has 0 unspecified atom stereocenters. The van der Waals surface area contributed by atoms with Gasteiger partial charge in [0.05, 0.1) is 6.10 Å². The molecule has 0 aromatic carbocycles. The fraction of sp³-hybridized carbons (Fsp3) is 1.00. The molecule has 12 heavy (non-hydrogen) atoms. The normalized spacial score (nSPS) is 24.9. The van der Waals surface area contributed by atoms with Gasteiger partial charge in [0.2, 0.25) is 0 Å². The van der Waals surface area contributed by atoms with E-state index < -0.39 is 13.4 Å². The minimum Gasteiger partial charge on any atom is -0.412 e. The first kappa shape index (κ1) is 22.9. The standard InChI is InChI=1S/C3H7O4P.3H2O.V/c1-2-3(7-2)8(4,5)6;;;;/h2-3H,1H3,(H2,4,5,6);3*1H2;/t2-,3+;;;;/m0..../s1. The maximum atomic E-state index is 10.2. The zero-order chi connectivity index (χ0) is 6.36. The van der Waals surface area contributed by atoms with E-state index in [0.717, 1.165) is 0 Å². The van der Waals surface area contributed by atoms with E-state index in [1.54, 1.807) is 6.92 Å². The first-order chi connectivity index (χ1) is 3.52. The first-order valence-electron chi connectivity index (χ1n) is 2.22. The van der Waals surface area contributed by atoms with Crippen molar-refractivity contribution in [2.24, 2.45) is 0 Å². The minimum absolute atomic E-state index is 0. The van der Waals surface area contributed by atoms with Crippen molar-refractivity contribution in [1.29, 1.82) is 0 Å². The van der Waals surface area contributed by atoms with Crippen molar-refractivity contribution in [2.75, 3.05) is 0 Å². The van der Waals surface area contributed by atoms with E-state index in [9.17, 15) is 4.57 Å². The zero-order valence-corrected chi connectivity index (χ0v) is 8.55. The van der Waals surface area contributed by atoms with Gasteiger partial charge in [0.15, 0.2) is 5.85 Å². The molecule has 0 aromatic rings. The van der Waals surface area contributed by atoms with Crippen LogP contribution in [0.1, 0.15) is 6.92 Å². The molecule has 0 aromatic heterocycles. The second-order valence-corrected chi connectivity index (χ2v) is 3.51. The van der Waals surface area contributed by atoms with Gasteiger partial charge >= 0.3 is 7.60 Å². The van der Waals surface area contributed by atoms with Crippen molar-refractivity contribution < 1.29 is 54.1 Å². The van der Waals surface area contributed by atoms with Gasteiger partial charge in [0, 0.05) is 18.6 Å². The van der Waals surface area contributed by atoms with E-state index in [0.29, 0.717) is 0 Å². The van der Waals surface area contributed by atoms with Gasteiger partial charge in [-0.3, -0.25) is 4.57 Å². The van der Waals surface area contributed by atoms with Gasteiger partial charge in [-0.25, -0.2) is 0 Å². The molecule has 1 saturated heterocycles. The van der Waals surface area contributed by atoms with Gasteiger partial charge in [-0.15, -0.1) is 0 Å². The molecule has 1 rings (SSSR count). The number of hydrogen-bond acceptors (Lipinski definition) is 2. The second-order valence-electron chi connectivity index (χ2n) is 1.82. The molecule has 1 fully saturated rings. The van der Waals surface area contributed by atoms with Gasteiger partial charge in [-0.2, -0.15) is 0 Å². The molecule has 1 radical (unpaired) electrons. The molecule has 1 heterocycles. The van der Waals surface area contributed by atoms with Crippen molar-refractivity contribution in [3.05, 3.63) is 0 Å². The van der Waals surface area contributed by atoms with Gasteiger partial charge in [0.25, 0.3) is 0 Å². The molecule has 0 spiro atoms. The first-order valence-corrected chi connectivity index (χ1v) is 3.90. The van der Waals surface area contributed by atoms with E-state index in [2.05, 4.69) is 4.74 Å². The van der Waals surface area contributed by atoms with Crippen molar-refractivity contribution >= 4 is 7.60 Å². The molecular weight excluding hydrogens is 230 g/mol. The molecule has 0 aliphatic carbocycles. The summed E-state index contributed by atoms with van der Waals surface area (Å²) in [6.07, 6.45) is -0.254. The molecule has 0 saturated carbocycles. The van der Waals surface area contributed by atoms with E-state index >= 15 is 0 Å². The number of rotatable bonds is 1. The molecule has 0 bridgehead atoms. The topological polar surface area (TPSA) is 165 Å². The third kappa shape index (κ3) is 6.13. The van der Waals surface area contributed by atoms with Crippen LogP contribution in [0.4, 0.5) is 0 Å². The third-order valence-electron chi connectivity index (χ3n) is 1.01. The Morgan fingerprint density at radius 2 is 1.50 bits per heavy atom. The smallest absolute Gasteiger partial charge is 0.356 e. The quantitative estimate of drug-likeness (QED) is 0.382. The van der Waals surface area contributed by atoms with Crippen LogP contribution in [0.5, 0.6) is 0 Å². The van der Waals surface area contributed by atoms with Gasteiger partial charge in [0.1, 0.15) is 0 Å². The van der Waals surface area contributed by atoms with E-state index in [-0.39, 0.29) is 41.1 Å². The molecule has 2 atom stereocenters. The van der Waals surface area contributed by atoms with Crippen LogP contribution in [-0.2, 0) is 27.9 Å². The molecule has 77 valence electrons. The molecule has 9 heteroatoms. The Morgan fingerprint density at radius 3 is 1.50 bits per heavy atom. The molecule has 7 nitrogen and oxygen atoms in total. The van der Waals surface area contributed by atoms with Crippen LogP contribution in [-0.4, -0.2) is 38.2 Å². The van der Waals surface area contributed by atoms with Gasteiger partial charge < -0.3 is 31.0 Å². The monoisotopic (exact) mass is 243 g/mol. The second kappa shape index (κ2) is 7.02. The van der Waals surface area contributed by atoms with Crippen LogP contribution in [0.25, 0.3) is 0 Å². The van der Waals surface area contributed by atoms with Crippen LogP contribution in [0, 0.1) is 0 Å². The maximum Gasteiger partial charge on any atom is 0.356 e. The fourth-order valence-electron chi connectivity index (χ4n) is 0.527. The Labute approximate surface area is 81.1 Å².